The van der Waals surface area contributed by atoms with E-state index in [0.717, 1.165) is 17.9 Å². The number of fused-ring (bicyclic) bond motifs is 1. The molecule has 2 aromatic rings. The van der Waals surface area contributed by atoms with E-state index in [1.807, 2.05) is 13.8 Å². The van der Waals surface area contributed by atoms with Crippen molar-refractivity contribution < 1.29 is 27.8 Å². The maximum atomic E-state index is 13.7. The number of rotatable bonds is 12. The molecule has 0 bridgehead atoms. The van der Waals surface area contributed by atoms with Crippen LogP contribution in [0, 0.1) is 11.7 Å². The van der Waals surface area contributed by atoms with Crippen LogP contribution in [0.5, 0.6) is 5.75 Å². The van der Waals surface area contributed by atoms with E-state index in [2.05, 4.69) is 0 Å². The van der Waals surface area contributed by atoms with Crippen LogP contribution in [-0.4, -0.2) is 43.9 Å². The zero-order valence-electron chi connectivity index (χ0n) is 16.1. The molecular weight excluding hydrogens is 387 g/mol. The molecule has 1 aromatic carbocycles. The van der Waals surface area contributed by atoms with Crippen LogP contribution >= 0.6 is 11.8 Å². The summed E-state index contributed by atoms with van der Waals surface area (Å²) in [6.45, 7) is 5.30. The van der Waals surface area contributed by atoms with E-state index >= 15 is 0 Å². The molecule has 1 atom stereocenters. The van der Waals surface area contributed by atoms with Gasteiger partial charge in [-0.15, -0.1) is 0 Å². The molecule has 0 aliphatic heterocycles. The Bertz CT molecular complexity index is 822. The van der Waals surface area contributed by atoms with Crippen molar-refractivity contribution in [1.82, 2.24) is 0 Å². The van der Waals surface area contributed by atoms with E-state index in [-0.39, 0.29) is 29.8 Å². The number of carbonyl (C=O) groups excluding carboxylic acids is 1. The van der Waals surface area contributed by atoms with E-state index in [9.17, 15) is 14.0 Å². The fraction of sp³-hybridized carbons (Fsp3) is 0.500. The van der Waals surface area contributed by atoms with Crippen LogP contribution in [0.3, 0.4) is 0 Å². The second-order valence-corrected chi connectivity index (χ2v) is 7.32. The Morgan fingerprint density at radius 1 is 1.21 bits per heavy atom. The highest BCUT2D eigenvalue weighted by atomic mass is 32.2. The maximum Gasteiger partial charge on any atom is 0.340 e. The van der Waals surface area contributed by atoms with Gasteiger partial charge in [-0.05, 0) is 18.6 Å². The molecule has 1 unspecified atom stereocenters. The average molecular weight is 412 g/mol. The molecule has 0 saturated heterocycles. The van der Waals surface area contributed by atoms with Gasteiger partial charge in [-0.1, -0.05) is 19.9 Å². The Kier molecular flexibility index (Phi) is 9.30. The van der Waals surface area contributed by atoms with Crippen molar-refractivity contribution in [2.75, 3.05) is 37.9 Å². The van der Waals surface area contributed by atoms with Crippen LogP contribution in [0.15, 0.2) is 33.5 Å². The highest BCUT2D eigenvalue weighted by molar-refractivity contribution is 7.99. The van der Waals surface area contributed by atoms with Crippen LogP contribution in [0.1, 0.15) is 20.3 Å². The number of para-hydroxylation sites is 1. The molecule has 0 spiro atoms. The summed E-state index contributed by atoms with van der Waals surface area (Å²) in [4.78, 5) is 23.0. The number of carbonyl (C=O) groups is 1. The third-order valence-electron chi connectivity index (χ3n) is 4.03. The van der Waals surface area contributed by atoms with Gasteiger partial charge in [-0.3, -0.25) is 4.79 Å². The third kappa shape index (κ3) is 6.83. The number of halogens is 1. The molecule has 0 amide bonds. The molecule has 0 saturated carbocycles. The summed E-state index contributed by atoms with van der Waals surface area (Å²) < 4.78 is 34.8. The molecule has 1 heterocycles. The fourth-order valence-corrected chi connectivity index (χ4v) is 2.92. The Morgan fingerprint density at radius 2 is 2.00 bits per heavy atom. The predicted octanol–water partition coefficient (Wildman–Crippen LogP) is 3.65. The van der Waals surface area contributed by atoms with E-state index < -0.39 is 11.4 Å². The normalized spacial score (nSPS) is 12.1. The molecular formula is C20H25FO6S. The zero-order valence-corrected chi connectivity index (χ0v) is 16.9. The second-order valence-electron chi connectivity index (χ2n) is 6.10. The maximum absolute atomic E-state index is 13.7. The summed E-state index contributed by atoms with van der Waals surface area (Å²) in [5, 5.41) is 0.405. The Balaban J connectivity index is 1.60. The van der Waals surface area contributed by atoms with Crippen molar-refractivity contribution in [3.63, 3.8) is 0 Å². The van der Waals surface area contributed by atoms with Crippen LogP contribution in [0.4, 0.5) is 4.39 Å². The van der Waals surface area contributed by atoms with Gasteiger partial charge in [0.05, 0.1) is 30.6 Å². The lowest BCUT2D eigenvalue weighted by Gasteiger charge is -2.10. The minimum Gasteiger partial charge on any atom is -0.490 e. The molecule has 0 radical (unpaired) electrons. The van der Waals surface area contributed by atoms with Gasteiger partial charge in [0.2, 0.25) is 0 Å². The van der Waals surface area contributed by atoms with Gasteiger partial charge >= 0.3 is 11.6 Å². The van der Waals surface area contributed by atoms with Gasteiger partial charge in [0.15, 0.2) is 11.4 Å². The molecule has 0 aliphatic rings. The predicted molar refractivity (Wildman–Crippen MR) is 106 cm³/mol. The van der Waals surface area contributed by atoms with Gasteiger partial charge in [0.25, 0.3) is 0 Å². The first-order valence-electron chi connectivity index (χ1n) is 9.20. The largest absolute Gasteiger partial charge is 0.490 e. The number of benzene rings is 1. The summed E-state index contributed by atoms with van der Waals surface area (Å²) in [6.07, 6.45) is 0.778. The molecule has 0 fully saturated rings. The van der Waals surface area contributed by atoms with Gasteiger partial charge < -0.3 is 18.6 Å². The first-order chi connectivity index (χ1) is 13.5. The molecule has 28 heavy (non-hydrogen) atoms. The monoisotopic (exact) mass is 412 g/mol. The van der Waals surface area contributed by atoms with E-state index in [1.54, 1.807) is 17.8 Å². The zero-order chi connectivity index (χ0) is 20.4. The minimum absolute atomic E-state index is 0.0575. The Hall–Kier alpha value is -2.06. The number of esters is 1. The molecule has 8 heteroatoms. The summed E-state index contributed by atoms with van der Waals surface area (Å²) in [6, 6.07) is 5.57. The molecule has 2 rings (SSSR count). The van der Waals surface area contributed by atoms with Crippen molar-refractivity contribution in [1.29, 1.82) is 0 Å². The van der Waals surface area contributed by atoms with Crippen molar-refractivity contribution in [2.45, 2.75) is 20.3 Å². The molecule has 0 N–H and O–H groups in total. The van der Waals surface area contributed by atoms with Crippen LogP contribution in [0.2, 0.25) is 0 Å². The molecule has 154 valence electrons. The summed E-state index contributed by atoms with van der Waals surface area (Å²) in [7, 11) is 0. The molecule has 6 nitrogen and oxygen atoms in total. The number of ether oxygens (including phenoxy) is 3. The van der Waals surface area contributed by atoms with Gasteiger partial charge in [0, 0.05) is 11.5 Å². The number of hydrogen-bond acceptors (Lipinski definition) is 7. The summed E-state index contributed by atoms with van der Waals surface area (Å²) in [5.41, 5.74) is -0.782. The van der Waals surface area contributed by atoms with Crippen molar-refractivity contribution in [3.8, 4) is 5.75 Å². The lowest BCUT2D eigenvalue weighted by Crippen LogP contribution is -2.15. The Labute approximate surface area is 167 Å². The smallest absolute Gasteiger partial charge is 0.340 e. The standard InChI is InChI=1S/C20H25FO6S/c1-3-14(2)20(23)26-10-12-28-11-9-24-7-8-25-17-13-18(22)27-19-15(17)5-4-6-16(19)21/h4-6,13-14H,3,7-12H2,1-2H3. The lowest BCUT2D eigenvalue weighted by molar-refractivity contribution is -0.147. The second kappa shape index (κ2) is 11.7. The molecule has 0 aliphatic carbocycles. The molecule has 1 aromatic heterocycles. The van der Waals surface area contributed by atoms with Gasteiger partial charge in [0.1, 0.15) is 19.0 Å². The number of hydrogen-bond donors (Lipinski definition) is 0. The lowest BCUT2D eigenvalue weighted by atomic mass is 10.1. The van der Waals surface area contributed by atoms with Crippen molar-refractivity contribution in [2.24, 2.45) is 5.92 Å². The first-order valence-corrected chi connectivity index (χ1v) is 10.4. The first kappa shape index (κ1) is 22.2. The van der Waals surface area contributed by atoms with Crippen LogP contribution < -0.4 is 10.4 Å². The average Bonchev–Trinajstić information content (AvgIpc) is 2.69. The minimum atomic E-state index is -0.668. The van der Waals surface area contributed by atoms with Gasteiger partial charge in [-0.2, -0.15) is 11.8 Å². The fourth-order valence-electron chi connectivity index (χ4n) is 2.28. The summed E-state index contributed by atoms with van der Waals surface area (Å²) >= 11 is 1.64. The topological polar surface area (TPSA) is 75.0 Å². The SMILES string of the molecule is CCC(C)C(=O)OCCSCCOCCOc1cc(=O)oc2c(F)cccc12. The summed E-state index contributed by atoms with van der Waals surface area (Å²) in [5.74, 6) is 0.940. The van der Waals surface area contributed by atoms with E-state index in [1.165, 1.54) is 18.2 Å². The van der Waals surface area contributed by atoms with Crippen LogP contribution in [-0.2, 0) is 14.3 Å². The Morgan fingerprint density at radius 3 is 2.79 bits per heavy atom. The highest BCUT2D eigenvalue weighted by Crippen LogP contribution is 2.25. The highest BCUT2D eigenvalue weighted by Gasteiger charge is 2.11. The number of thioether (sulfide) groups is 1. The van der Waals surface area contributed by atoms with E-state index in [0.29, 0.717) is 25.2 Å². The van der Waals surface area contributed by atoms with Gasteiger partial charge in [-0.25, -0.2) is 9.18 Å². The van der Waals surface area contributed by atoms with E-state index in [4.69, 9.17) is 18.6 Å². The quantitative estimate of drug-likeness (QED) is 0.299. The third-order valence-corrected chi connectivity index (χ3v) is 4.94. The van der Waals surface area contributed by atoms with Crippen molar-refractivity contribution >= 4 is 28.7 Å². The van der Waals surface area contributed by atoms with Crippen LogP contribution in [0.25, 0.3) is 11.0 Å². The van der Waals surface area contributed by atoms with Crippen molar-refractivity contribution in [3.05, 3.63) is 40.5 Å².